The van der Waals surface area contributed by atoms with Crippen molar-refractivity contribution in [3.8, 4) is 17.2 Å². The molecule has 2 aromatic carbocycles. The molecule has 0 saturated heterocycles. The number of benzene rings is 2. The minimum Gasteiger partial charge on any atom is -0.496 e. The van der Waals surface area contributed by atoms with Gasteiger partial charge in [-0.3, -0.25) is 0 Å². The van der Waals surface area contributed by atoms with Gasteiger partial charge in [0.15, 0.2) is 11.5 Å². The maximum Gasteiger partial charge on any atom is 0.166 e. The fraction of sp³-hybridized carbons (Fsp3) is 0.250. The Hall–Kier alpha value is -2.20. The van der Waals surface area contributed by atoms with Crippen LogP contribution in [-0.2, 0) is 0 Å². The SMILES string of the molecule is COc1ccccc1C(O)c1cccc(OC)c1OC. The maximum atomic E-state index is 10.6. The third-order valence-electron chi connectivity index (χ3n) is 3.16. The van der Waals surface area contributed by atoms with Crippen molar-refractivity contribution in [2.45, 2.75) is 6.10 Å². The summed E-state index contributed by atoms with van der Waals surface area (Å²) in [5.74, 6) is 1.73. The zero-order valence-corrected chi connectivity index (χ0v) is 11.8. The highest BCUT2D eigenvalue weighted by Gasteiger charge is 2.21. The van der Waals surface area contributed by atoms with Gasteiger partial charge in [0.1, 0.15) is 11.9 Å². The summed E-state index contributed by atoms with van der Waals surface area (Å²) in [5.41, 5.74) is 1.32. The van der Waals surface area contributed by atoms with E-state index in [1.54, 1.807) is 33.5 Å². The van der Waals surface area contributed by atoms with Gasteiger partial charge in [-0.25, -0.2) is 0 Å². The van der Waals surface area contributed by atoms with Crippen molar-refractivity contribution in [1.29, 1.82) is 0 Å². The predicted octanol–water partition coefficient (Wildman–Crippen LogP) is 2.79. The van der Waals surface area contributed by atoms with Crippen LogP contribution >= 0.6 is 0 Å². The van der Waals surface area contributed by atoms with Gasteiger partial charge in [0.2, 0.25) is 0 Å². The van der Waals surface area contributed by atoms with Gasteiger partial charge in [-0.05, 0) is 12.1 Å². The average molecular weight is 274 g/mol. The standard InChI is InChI=1S/C16H18O4/c1-18-13-9-5-4-7-11(13)15(17)12-8-6-10-14(19-2)16(12)20-3/h4-10,15,17H,1-3H3. The first-order chi connectivity index (χ1) is 9.72. The molecular formula is C16H18O4. The molecule has 0 fully saturated rings. The van der Waals surface area contributed by atoms with Crippen molar-refractivity contribution in [1.82, 2.24) is 0 Å². The number of aliphatic hydroxyl groups is 1. The van der Waals surface area contributed by atoms with Crippen LogP contribution in [0, 0.1) is 0 Å². The lowest BCUT2D eigenvalue weighted by molar-refractivity contribution is 0.208. The summed E-state index contributed by atoms with van der Waals surface area (Å²) in [6.45, 7) is 0. The molecule has 2 rings (SSSR count). The number of methoxy groups -OCH3 is 3. The molecule has 2 aromatic rings. The van der Waals surface area contributed by atoms with Gasteiger partial charge in [0.25, 0.3) is 0 Å². The van der Waals surface area contributed by atoms with Gasteiger partial charge in [0, 0.05) is 11.1 Å². The highest BCUT2D eigenvalue weighted by atomic mass is 16.5. The average Bonchev–Trinajstić information content (AvgIpc) is 2.53. The highest BCUT2D eigenvalue weighted by Crippen LogP contribution is 2.39. The van der Waals surface area contributed by atoms with Crippen molar-refractivity contribution >= 4 is 0 Å². The van der Waals surface area contributed by atoms with Crippen LogP contribution in [-0.4, -0.2) is 26.4 Å². The predicted molar refractivity (Wildman–Crippen MR) is 76.6 cm³/mol. The van der Waals surface area contributed by atoms with Crippen molar-refractivity contribution in [2.24, 2.45) is 0 Å². The number of hydrogen-bond donors (Lipinski definition) is 1. The first-order valence-electron chi connectivity index (χ1n) is 6.24. The van der Waals surface area contributed by atoms with E-state index < -0.39 is 6.10 Å². The molecule has 0 amide bonds. The van der Waals surface area contributed by atoms with Gasteiger partial charge in [0.05, 0.1) is 21.3 Å². The van der Waals surface area contributed by atoms with Gasteiger partial charge in [-0.2, -0.15) is 0 Å². The lowest BCUT2D eigenvalue weighted by Crippen LogP contribution is -2.05. The first kappa shape index (κ1) is 14.2. The van der Waals surface area contributed by atoms with Crippen molar-refractivity contribution in [2.75, 3.05) is 21.3 Å². The third kappa shape index (κ3) is 2.56. The van der Waals surface area contributed by atoms with Crippen molar-refractivity contribution in [3.63, 3.8) is 0 Å². The molecule has 0 heterocycles. The van der Waals surface area contributed by atoms with Crippen LogP contribution in [0.4, 0.5) is 0 Å². The number of ether oxygens (including phenoxy) is 3. The van der Waals surface area contributed by atoms with Crippen molar-refractivity contribution < 1.29 is 19.3 Å². The van der Waals surface area contributed by atoms with Crippen LogP contribution in [0.15, 0.2) is 42.5 Å². The Kier molecular flexibility index (Phi) is 4.48. The van der Waals surface area contributed by atoms with E-state index >= 15 is 0 Å². The topological polar surface area (TPSA) is 47.9 Å². The van der Waals surface area contributed by atoms with E-state index in [1.165, 1.54) is 0 Å². The molecule has 20 heavy (non-hydrogen) atoms. The summed E-state index contributed by atoms with van der Waals surface area (Å²) in [5, 5.41) is 10.6. The number of hydrogen-bond acceptors (Lipinski definition) is 4. The molecule has 0 aliphatic carbocycles. The maximum absolute atomic E-state index is 10.6. The van der Waals surface area contributed by atoms with Crippen molar-refractivity contribution in [3.05, 3.63) is 53.6 Å². The molecule has 0 spiro atoms. The molecule has 0 saturated carbocycles. The Morgan fingerprint density at radius 3 is 2.00 bits per heavy atom. The number of rotatable bonds is 5. The Bertz CT molecular complexity index is 580. The van der Waals surface area contributed by atoms with E-state index in [9.17, 15) is 5.11 Å². The van der Waals surface area contributed by atoms with E-state index in [4.69, 9.17) is 14.2 Å². The Morgan fingerprint density at radius 2 is 1.35 bits per heavy atom. The normalized spacial score (nSPS) is 11.8. The Balaban J connectivity index is 2.50. The molecule has 0 aromatic heterocycles. The molecule has 0 aliphatic rings. The molecule has 1 unspecified atom stereocenters. The summed E-state index contributed by atoms with van der Waals surface area (Å²) in [4.78, 5) is 0. The lowest BCUT2D eigenvalue weighted by atomic mass is 9.99. The van der Waals surface area contributed by atoms with E-state index in [-0.39, 0.29) is 0 Å². The molecule has 0 aliphatic heterocycles. The largest absolute Gasteiger partial charge is 0.496 e. The molecule has 106 valence electrons. The van der Waals surface area contributed by atoms with Crippen LogP contribution < -0.4 is 14.2 Å². The summed E-state index contributed by atoms with van der Waals surface area (Å²) in [6, 6.07) is 12.8. The van der Waals surface area contributed by atoms with Gasteiger partial charge in [-0.15, -0.1) is 0 Å². The van der Waals surface area contributed by atoms with Gasteiger partial charge < -0.3 is 19.3 Å². The van der Waals surface area contributed by atoms with Crippen LogP contribution in [0.1, 0.15) is 17.2 Å². The van der Waals surface area contributed by atoms with E-state index in [0.29, 0.717) is 28.4 Å². The molecule has 0 bridgehead atoms. The Morgan fingerprint density at radius 1 is 0.750 bits per heavy atom. The summed E-state index contributed by atoms with van der Waals surface area (Å²) < 4.78 is 15.9. The van der Waals surface area contributed by atoms with E-state index in [1.807, 2.05) is 30.3 Å². The monoisotopic (exact) mass is 274 g/mol. The van der Waals surface area contributed by atoms with E-state index in [2.05, 4.69) is 0 Å². The fourth-order valence-electron chi connectivity index (χ4n) is 2.19. The molecule has 4 heteroatoms. The zero-order valence-electron chi connectivity index (χ0n) is 11.8. The second kappa shape index (κ2) is 6.30. The van der Waals surface area contributed by atoms with Gasteiger partial charge >= 0.3 is 0 Å². The molecule has 4 nitrogen and oxygen atoms in total. The fourth-order valence-corrected chi connectivity index (χ4v) is 2.19. The second-order valence-corrected chi connectivity index (χ2v) is 4.23. The van der Waals surface area contributed by atoms with Crippen LogP contribution in [0.3, 0.4) is 0 Å². The minimum absolute atomic E-state index is 0.522. The van der Waals surface area contributed by atoms with Gasteiger partial charge in [-0.1, -0.05) is 30.3 Å². The summed E-state index contributed by atoms with van der Waals surface area (Å²) >= 11 is 0. The second-order valence-electron chi connectivity index (χ2n) is 4.23. The summed E-state index contributed by atoms with van der Waals surface area (Å²) in [6.07, 6.45) is -0.851. The highest BCUT2D eigenvalue weighted by molar-refractivity contribution is 5.51. The zero-order chi connectivity index (χ0) is 14.5. The number of aliphatic hydroxyl groups excluding tert-OH is 1. The number of para-hydroxylation sites is 2. The van der Waals surface area contributed by atoms with E-state index in [0.717, 1.165) is 0 Å². The lowest BCUT2D eigenvalue weighted by Gasteiger charge is -2.19. The molecule has 0 radical (unpaired) electrons. The van der Waals surface area contributed by atoms with Crippen LogP contribution in [0.2, 0.25) is 0 Å². The van der Waals surface area contributed by atoms with Crippen LogP contribution in [0.25, 0.3) is 0 Å². The molecule has 1 atom stereocenters. The minimum atomic E-state index is -0.851. The smallest absolute Gasteiger partial charge is 0.166 e. The van der Waals surface area contributed by atoms with Crippen LogP contribution in [0.5, 0.6) is 17.2 Å². The summed E-state index contributed by atoms with van der Waals surface area (Å²) in [7, 11) is 4.70. The molecular weight excluding hydrogens is 256 g/mol. The quantitative estimate of drug-likeness (QED) is 0.910. The first-order valence-corrected chi connectivity index (χ1v) is 6.24. The third-order valence-corrected chi connectivity index (χ3v) is 3.16. The molecule has 1 N–H and O–H groups in total. The Labute approximate surface area is 118 Å².